The summed E-state index contributed by atoms with van der Waals surface area (Å²) in [7, 11) is 2.05. The predicted octanol–water partition coefficient (Wildman–Crippen LogP) is 8.13. The molecule has 1 saturated heterocycles. The van der Waals surface area contributed by atoms with Gasteiger partial charge in [-0.15, -0.1) is 12.3 Å². The third-order valence-electron chi connectivity index (χ3n) is 9.04. The molecule has 0 aliphatic carbocycles. The van der Waals surface area contributed by atoms with Gasteiger partial charge in [-0.05, 0) is 135 Å². The second-order valence-electron chi connectivity index (χ2n) is 12.3. The molecule has 0 amide bonds. The van der Waals surface area contributed by atoms with Gasteiger partial charge in [-0.1, -0.05) is 45.1 Å². The minimum atomic E-state index is -0.110. The van der Waals surface area contributed by atoms with E-state index in [4.69, 9.17) is 4.99 Å². The molecule has 0 saturated carbocycles. The zero-order valence-electron chi connectivity index (χ0n) is 30.4. The monoisotopic (exact) mass is 627 g/mol. The Morgan fingerprint density at radius 3 is 2.43 bits per heavy atom. The Balaban J connectivity index is 0.000000737. The number of hydrogen-bond donors (Lipinski definition) is 3. The lowest BCUT2D eigenvalue weighted by Crippen LogP contribution is -2.48. The van der Waals surface area contributed by atoms with Crippen molar-refractivity contribution in [2.24, 2.45) is 31.8 Å². The summed E-state index contributed by atoms with van der Waals surface area (Å²) in [5, 5.41) is 10.1. The van der Waals surface area contributed by atoms with Crippen molar-refractivity contribution in [3.8, 4) is 12.3 Å². The average molecular weight is 628 g/mol. The van der Waals surface area contributed by atoms with E-state index in [0.29, 0.717) is 11.5 Å². The molecule has 0 radical (unpaired) electrons. The summed E-state index contributed by atoms with van der Waals surface area (Å²) in [5.74, 6) is 4.21. The molecule has 0 aromatic carbocycles. The number of aliphatic imine (C=N–C) groups is 4. The smallest absolute Gasteiger partial charge is 0.131 e. The Hall–Kier alpha value is -3.60. The van der Waals surface area contributed by atoms with E-state index in [1.807, 2.05) is 44.8 Å². The van der Waals surface area contributed by atoms with Crippen LogP contribution in [0.2, 0.25) is 0 Å². The maximum absolute atomic E-state index is 5.05. The highest BCUT2D eigenvalue weighted by atomic mass is 15.1. The summed E-state index contributed by atoms with van der Waals surface area (Å²) in [4.78, 5) is 18.5. The van der Waals surface area contributed by atoms with Gasteiger partial charge >= 0.3 is 0 Å². The van der Waals surface area contributed by atoms with Crippen molar-refractivity contribution in [2.75, 3.05) is 20.1 Å². The van der Waals surface area contributed by atoms with E-state index in [1.54, 1.807) is 6.92 Å². The molecule has 0 bridgehead atoms. The largest absolute Gasteiger partial charge is 0.340 e. The molecule has 3 rings (SSSR count). The van der Waals surface area contributed by atoms with Gasteiger partial charge in [0, 0.05) is 35.8 Å². The topological polar surface area (TPSA) is 85.5 Å². The van der Waals surface area contributed by atoms with E-state index in [9.17, 15) is 0 Å². The van der Waals surface area contributed by atoms with Crippen molar-refractivity contribution in [3.05, 3.63) is 70.4 Å². The van der Waals surface area contributed by atoms with Crippen LogP contribution in [0.1, 0.15) is 94.4 Å². The van der Waals surface area contributed by atoms with Crippen LogP contribution in [-0.2, 0) is 0 Å². The maximum Gasteiger partial charge on any atom is 0.131 e. The van der Waals surface area contributed by atoms with Crippen molar-refractivity contribution in [1.29, 1.82) is 0 Å². The molecule has 7 nitrogen and oxygen atoms in total. The van der Waals surface area contributed by atoms with Gasteiger partial charge in [0.25, 0.3) is 0 Å². The fourth-order valence-corrected chi connectivity index (χ4v) is 5.35. The van der Waals surface area contributed by atoms with Crippen LogP contribution in [0.5, 0.6) is 0 Å². The molecule has 3 aliphatic rings. The van der Waals surface area contributed by atoms with Gasteiger partial charge in [-0.25, -0.2) is 9.98 Å². The summed E-state index contributed by atoms with van der Waals surface area (Å²) in [6.45, 7) is 29.4. The highest BCUT2D eigenvalue weighted by molar-refractivity contribution is 5.93. The van der Waals surface area contributed by atoms with Crippen LogP contribution in [0.3, 0.4) is 0 Å². The van der Waals surface area contributed by atoms with Crippen molar-refractivity contribution in [3.63, 3.8) is 0 Å². The second kappa shape index (κ2) is 21.2. The van der Waals surface area contributed by atoms with E-state index >= 15 is 0 Å². The molecule has 1 fully saturated rings. The van der Waals surface area contributed by atoms with Crippen molar-refractivity contribution in [2.45, 2.75) is 106 Å². The van der Waals surface area contributed by atoms with Crippen molar-refractivity contribution in [1.82, 2.24) is 16.0 Å². The van der Waals surface area contributed by atoms with Crippen LogP contribution in [-0.4, -0.2) is 56.7 Å². The third-order valence-corrected chi connectivity index (χ3v) is 9.04. The Labute approximate surface area is 281 Å². The minimum Gasteiger partial charge on any atom is -0.340 e. The molecule has 3 unspecified atom stereocenters. The number of allylic oxidation sites excluding steroid dienone is 4. The normalized spacial score (nSPS) is 22.1. The number of amidine groups is 1. The quantitative estimate of drug-likeness (QED) is 0.0990. The van der Waals surface area contributed by atoms with Gasteiger partial charge in [-0.3, -0.25) is 9.98 Å². The molecule has 3 aliphatic heterocycles. The van der Waals surface area contributed by atoms with E-state index in [1.165, 1.54) is 29.6 Å². The number of nitrogens with one attached hydrogen (secondary N) is 3. The number of hydrogen-bond acceptors (Lipinski definition) is 6. The van der Waals surface area contributed by atoms with Gasteiger partial charge in [-0.2, -0.15) is 0 Å². The summed E-state index contributed by atoms with van der Waals surface area (Å²) in [6, 6.07) is -0.110. The molecule has 3 heterocycles. The van der Waals surface area contributed by atoms with Gasteiger partial charge < -0.3 is 16.0 Å². The number of terminal acetylenes is 1. The SMILES string of the molecule is C#CC.C=NC(=NC1C=CN=CC(C(C)CC)=C1C)C1CC=NC(NC(=C)C(/C=C\C)=C(\C)CC)=C1C.CNC1(C)CCNCC1. The zero-order chi connectivity index (χ0) is 34.7. The molecule has 0 aromatic heterocycles. The Bertz CT molecular complexity index is 1300. The van der Waals surface area contributed by atoms with Crippen LogP contribution in [0, 0.1) is 24.2 Å². The van der Waals surface area contributed by atoms with Gasteiger partial charge in [0.1, 0.15) is 11.7 Å². The molecule has 252 valence electrons. The first-order valence-corrected chi connectivity index (χ1v) is 16.7. The maximum atomic E-state index is 5.05. The number of nitrogens with zero attached hydrogens (tertiary/aromatic N) is 4. The molecular formula is C39H61N7. The van der Waals surface area contributed by atoms with Crippen LogP contribution in [0.4, 0.5) is 0 Å². The average Bonchev–Trinajstić information content (AvgIpc) is 3.24. The Morgan fingerprint density at radius 2 is 1.91 bits per heavy atom. The molecule has 7 heteroatoms. The predicted molar refractivity (Wildman–Crippen MR) is 204 cm³/mol. The summed E-state index contributed by atoms with van der Waals surface area (Å²) in [6.07, 6.45) is 21.8. The van der Waals surface area contributed by atoms with Crippen LogP contribution < -0.4 is 16.0 Å². The lowest BCUT2D eigenvalue weighted by atomic mass is 9.91. The highest BCUT2D eigenvalue weighted by Crippen LogP contribution is 2.29. The fraction of sp³-hybridized carbons (Fsp3) is 0.538. The molecular weight excluding hydrogens is 566 g/mol. The first-order chi connectivity index (χ1) is 22.0. The van der Waals surface area contributed by atoms with Crippen molar-refractivity contribution < 1.29 is 0 Å². The van der Waals surface area contributed by atoms with Crippen molar-refractivity contribution >= 4 is 25.0 Å². The third kappa shape index (κ3) is 12.3. The van der Waals surface area contributed by atoms with Gasteiger partial charge in [0.05, 0.1) is 6.04 Å². The summed E-state index contributed by atoms with van der Waals surface area (Å²) < 4.78 is 0. The van der Waals surface area contributed by atoms with E-state index < -0.39 is 0 Å². The van der Waals surface area contributed by atoms with Crippen LogP contribution >= 0.6 is 0 Å². The fourth-order valence-electron chi connectivity index (χ4n) is 5.35. The van der Waals surface area contributed by atoms with E-state index in [-0.39, 0.29) is 12.0 Å². The van der Waals surface area contributed by atoms with Gasteiger partial charge in [0.15, 0.2) is 0 Å². The minimum absolute atomic E-state index is 0.00383. The van der Waals surface area contributed by atoms with E-state index in [2.05, 4.69) is 111 Å². The van der Waals surface area contributed by atoms with Crippen LogP contribution in [0.15, 0.2) is 90.4 Å². The Kier molecular flexibility index (Phi) is 18.7. The molecule has 3 atom stereocenters. The zero-order valence-corrected chi connectivity index (χ0v) is 30.4. The molecule has 3 N–H and O–H groups in total. The Morgan fingerprint density at radius 1 is 1.26 bits per heavy atom. The molecule has 0 spiro atoms. The lowest BCUT2D eigenvalue weighted by Gasteiger charge is -2.33. The molecule has 0 aromatic rings. The standard InChI is InChI=1S/C29H41N5.C7H16N2.C3H4/c1-10-13-24(19(4)11-2)23(8)33-28-22(7)25(14-17-32-28)29(30-9)34-27-15-16-31-18-26(21(27)6)20(5)12-3;1-7(8-2)3-5-9-6-4-7;1-3-2/h10,13,15-18,20,25,27,33H,8-9,11-12,14H2,1-7H3;8-9H,3-6H2,1-2H3;1H,2H3/b13-10-,24-19+,34-29?;;. The summed E-state index contributed by atoms with van der Waals surface area (Å²) >= 11 is 0. The highest BCUT2D eigenvalue weighted by Gasteiger charge is 2.26. The lowest BCUT2D eigenvalue weighted by molar-refractivity contribution is 0.285. The first-order valence-electron chi connectivity index (χ1n) is 16.7. The number of piperidine rings is 1. The second-order valence-corrected chi connectivity index (χ2v) is 12.3. The van der Waals surface area contributed by atoms with Gasteiger partial charge in [0.2, 0.25) is 0 Å². The molecule has 46 heavy (non-hydrogen) atoms. The van der Waals surface area contributed by atoms with Crippen LogP contribution in [0.25, 0.3) is 0 Å². The summed E-state index contributed by atoms with van der Waals surface area (Å²) in [5.41, 5.74) is 7.18. The first kappa shape index (κ1) is 40.4. The van der Waals surface area contributed by atoms with E-state index in [0.717, 1.165) is 60.9 Å². The number of rotatable bonds is 10.